The van der Waals surface area contributed by atoms with Gasteiger partial charge >= 0.3 is 5.63 Å². The molecule has 0 saturated carbocycles. The molecule has 1 heterocycles. The van der Waals surface area contributed by atoms with Gasteiger partial charge in [0.2, 0.25) is 5.75 Å². The minimum Gasteiger partial charge on any atom is -0.493 e. The lowest BCUT2D eigenvalue weighted by atomic mass is 10.1. The van der Waals surface area contributed by atoms with Crippen molar-refractivity contribution in [3.63, 3.8) is 0 Å². The highest BCUT2D eigenvalue weighted by molar-refractivity contribution is 5.86. The van der Waals surface area contributed by atoms with Crippen LogP contribution in [0.2, 0.25) is 0 Å². The molecule has 0 aliphatic heterocycles. The molecule has 0 spiro atoms. The Hall–Kier alpha value is -2.43. The lowest BCUT2D eigenvalue weighted by molar-refractivity contribution is 0.210. The lowest BCUT2D eigenvalue weighted by Crippen LogP contribution is -2.15. The Kier molecular flexibility index (Phi) is 12.5. The zero-order valence-corrected chi connectivity index (χ0v) is 21.0. The van der Waals surface area contributed by atoms with Crippen molar-refractivity contribution < 1.29 is 18.6 Å². The maximum Gasteiger partial charge on any atom is 0.383 e. The van der Waals surface area contributed by atoms with Crippen LogP contribution in [0.5, 0.6) is 17.2 Å². The third kappa shape index (κ3) is 9.53. The fourth-order valence-corrected chi connectivity index (χ4v) is 3.65. The fraction of sp³-hybridized carbons (Fsp3) is 0.607. The number of fused-ring (bicyclic) bond motifs is 1. The van der Waals surface area contributed by atoms with E-state index in [0.717, 1.165) is 31.1 Å². The highest BCUT2D eigenvalue weighted by Crippen LogP contribution is 2.35. The molecule has 0 aliphatic rings. The van der Waals surface area contributed by atoms with E-state index in [1.54, 1.807) is 6.07 Å². The molecule has 1 aromatic carbocycles. The molecular weight excluding hydrogens is 416 g/mol. The molecule has 0 radical (unpaired) electrons. The summed E-state index contributed by atoms with van der Waals surface area (Å²) >= 11 is 0. The van der Waals surface area contributed by atoms with Crippen LogP contribution >= 0.6 is 0 Å². The van der Waals surface area contributed by atoms with Gasteiger partial charge in [0.1, 0.15) is 11.3 Å². The Balaban J connectivity index is 2.05. The van der Waals surface area contributed by atoms with Gasteiger partial charge < -0.3 is 18.6 Å². The van der Waals surface area contributed by atoms with Crippen molar-refractivity contribution in [2.24, 2.45) is 0 Å². The number of hydrogen-bond donors (Lipinski definition) is 0. The number of hydrogen-bond acceptors (Lipinski definition) is 5. The van der Waals surface area contributed by atoms with Gasteiger partial charge in [-0.15, -0.1) is 0 Å². The van der Waals surface area contributed by atoms with Crippen molar-refractivity contribution in [1.29, 1.82) is 0 Å². The Labute approximate surface area is 199 Å². The summed E-state index contributed by atoms with van der Waals surface area (Å²) in [5.74, 6) is 1.29. The second-order valence-electron chi connectivity index (χ2n) is 8.71. The van der Waals surface area contributed by atoms with E-state index in [4.69, 9.17) is 18.6 Å². The minimum absolute atomic E-state index is 0.149. The molecule has 0 fully saturated rings. The number of benzene rings is 1. The van der Waals surface area contributed by atoms with Crippen LogP contribution in [0.15, 0.2) is 39.6 Å². The standard InChI is InChI=1S/C28H42O5/c1-5-7-9-11-12-13-14-16-20-31-26-24-18-17-23(30-19-15-10-8-6-2)21-25(24)33-28(29)27(26)32-22(3)4/h8,10,17-18,21-22H,5-7,9,11-16,19-20H2,1-4H3. The van der Waals surface area contributed by atoms with E-state index in [-0.39, 0.29) is 11.9 Å². The summed E-state index contributed by atoms with van der Waals surface area (Å²) in [6, 6.07) is 5.52. The molecule has 0 bridgehead atoms. The smallest absolute Gasteiger partial charge is 0.383 e. The van der Waals surface area contributed by atoms with Gasteiger partial charge in [-0.3, -0.25) is 0 Å². The summed E-state index contributed by atoms with van der Waals surface area (Å²) in [6.07, 6.45) is 15.7. The van der Waals surface area contributed by atoms with Gasteiger partial charge in [0.15, 0.2) is 5.75 Å². The monoisotopic (exact) mass is 458 g/mol. The van der Waals surface area contributed by atoms with Crippen LogP contribution in [0.4, 0.5) is 0 Å². The minimum atomic E-state index is -0.523. The van der Waals surface area contributed by atoms with Gasteiger partial charge in [-0.2, -0.15) is 0 Å². The van der Waals surface area contributed by atoms with E-state index in [9.17, 15) is 4.79 Å². The molecule has 5 heteroatoms. The summed E-state index contributed by atoms with van der Waals surface area (Å²) in [5.41, 5.74) is -0.0752. The second-order valence-corrected chi connectivity index (χ2v) is 8.71. The normalized spacial score (nSPS) is 11.5. The van der Waals surface area contributed by atoms with E-state index in [1.165, 1.54) is 38.5 Å². The third-order valence-electron chi connectivity index (χ3n) is 5.35. The van der Waals surface area contributed by atoms with E-state index in [2.05, 4.69) is 26.0 Å². The quantitative estimate of drug-likeness (QED) is 0.137. The van der Waals surface area contributed by atoms with Crippen LogP contribution in [0, 0.1) is 0 Å². The average molecular weight is 459 g/mol. The van der Waals surface area contributed by atoms with Crippen LogP contribution in [0.25, 0.3) is 11.0 Å². The van der Waals surface area contributed by atoms with Crippen LogP contribution in [-0.4, -0.2) is 19.3 Å². The molecule has 33 heavy (non-hydrogen) atoms. The van der Waals surface area contributed by atoms with Crippen LogP contribution in [0.1, 0.15) is 91.9 Å². The first-order chi connectivity index (χ1) is 16.1. The summed E-state index contributed by atoms with van der Waals surface area (Å²) in [5, 5.41) is 0.725. The van der Waals surface area contributed by atoms with Crippen LogP contribution in [-0.2, 0) is 0 Å². The summed E-state index contributed by atoms with van der Waals surface area (Å²) in [6.45, 7) is 9.23. The maximum atomic E-state index is 12.7. The van der Waals surface area contributed by atoms with E-state index >= 15 is 0 Å². The van der Waals surface area contributed by atoms with Gasteiger partial charge in [0.25, 0.3) is 0 Å². The average Bonchev–Trinajstić information content (AvgIpc) is 2.79. The van der Waals surface area contributed by atoms with E-state index < -0.39 is 5.63 Å². The van der Waals surface area contributed by atoms with Crippen molar-refractivity contribution in [2.75, 3.05) is 13.2 Å². The lowest BCUT2D eigenvalue weighted by Gasteiger charge is -2.16. The summed E-state index contributed by atoms with van der Waals surface area (Å²) in [4.78, 5) is 12.7. The molecule has 1 aromatic heterocycles. The SMILES string of the molecule is CCC=CCCOc1ccc2c(OCCCCCCCCCC)c(OC(C)C)c(=O)oc2c1. The predicted octanol–water partition coefficient (Wildman–Crippen LogP) is 7.83. The van der Waals surface area contributed by atoms with Gasteiger partial charge in [0.05, 0.1) is 24.7 Å². The predicted molar refractivity (Wildman–Crippen MR) is 136 cm³/mol. The molecule has 0 aliphatic carbocycles. The molecule has 0 amide bonds. The van der Waals surface area contributed by atoms with Gasteiger partial charge in [0, 0.05) is 6.07 Å². The van der Waals surface area contributed by atoms with E-state index in [0.29, 0.717) is 30.3 Å². The molecule has 0 unspecified atom stereocenters. The molecule has 184 valence electrons. The Morgan fingerprint density at radius 1 is 0.879 bits per heavy atom. The molecule has 0 saturated heterocycles. The topological polar surface area (TPSA) is 57.9 Å². The first-order valence-corrected chi connectivity index (χ1v) is 12.7. The second kappa shape index (κ2) is 15.4. The van der Waals surface area contributed by atoms with Gasteiger partial charge in [-0.1, -0.05) is 70.9 Å². The first kappa shape index (κ1) is 26.8. The zero-order chi connectivity index (χ0) is 23.9. The van der Waals surface area contributed by atoms with Crippen molar-refractivity contribution in [3.8, 4) is 17.2 Å². The Bertz CT molecular complexity index is 897. The fourth-order valence-electron chi connectivity index (χ4n) is 3.65. The molecule has 0 N–H and O–H groups in total. The number of allylic oxidation sites excluding steroid dienone is 1. The highest BCUT2D eigenvalue weighted by atomic mass is 16.5. The van der Waals surface area contributed by atoms with Crippen molar-refractivity contribution in [3.05, 3.63) is 40.8 Å². The maximum absolute atomic E-state index is 12.7. The number of rotatable bonds is 17. The first-order valence-electron chi connectivity index (χ1n) is 12.7. The zero-order valence-electron chi connectivity index (χ0n) is 21.0. The Morgan fingerprint density at radius 3 is 2.30 bits per heavy atom. The molecular formula is C28H42O5. The molecule has 5 nitrogen and oxygen atoms in total. The van der Waals surface area contributed by atoms with Gasteiger partial charge in [-0.25, -0.2) is 4.79 Å². The molecule has 0 atom stereocenters. The third-order valence-corrected chi connectivity index (χ3v) is 5.35. The number of ether oxygens (including phenoxy) is 3. The number of unbranched alkanes of at least 4 members (excludes halogenated alkanes) is 7. The molecule has 2 rings (SSSR count). The Morgan fingerprint density at radius 2 is 1.61 bits per heavy atom. The van der Waals surface area contributed by atoms with Crippen molar-refractivity contribution >= 4 is 11.0 Å². The summed E-state index contributed by atoms with van der Waals surface area (Å²) in [7, 11) is 0. The van der Waals surface area contributed by atoms with Crippen molar-refractivity contribution in [2.45, 2.75) is 98.0 Å². The van der Waals surface area contributed by atoms with E-state index in [1.807, 2.05) is 26.0 Å². The highest BCUT2D eigenvalue weighted by Gasteiger charge is 2.19. The largest absolute Gasteiger partial charge is 0.493 e. The van der Waals surface area contributed by atoms with Crippen LogP contribution in [0.3, 0.4) is 0 Å². The van der Waals surface area contributed by atoms with Gasteiger partial charge in [-0.05, 0) is 45.2 Å². The summed E-state index contributed by atoms with van der Waals surface area (Å²) < 4.78 is 23.3. The van der Waals surface area contributed by atoms with Crippen LogP contribution < -0.4 is 19.8 Å². The molecule has 2 aromatic rings. The van der Waals surface area contributed by atoms with Crippen molar-refractivity contribution in [1.82, 2.24) is 0 Å².